The summed E-state index contributed by atoms with van der Waals surface area (Å²) in [5.41, 5.74) is 3.32. The van der Waals surface area contributed by atoms with Crippen molar-refractivity contribution < 1.29 is 19.8 Å². The van der Waals surface area contributed by atoms with Crippen LogP contribution in [0.1, 0.15) is 43.0 Å². The van der Waals surface area contributed by atoms with Crippen LogP contribution >= 0.6 is 0 Å². The van der Waals surface area contributed by atoms with Crippen molar-refractivity contribution in [2.24, 2.45) is 0 Å². The number of aromatic carboxylic acids is 2. The van der Waals surface area contributed by atoms with E-state index in [0.29, 0.717) is 5.56 Å². The van der Waals surface area contributed by atoms with Crippen molar-refractivity contribution >= 4 is 11.9 Å². The Kier molecular flexibility index (Phi) is 7.49. The van der Waals surface area contributed by atoms with Crippen molar-refractivity contribution in [3.05, 3.63) is 149 Å². The van der Waals surface area contributed by atoms with Gasteiger partial charge in [0.25, 0.3) is 0 Å². The summed E-state index contributed by atoms with van der Waals surface area (Å²) in [6.45, 7) is 1.65. The van der Waals surface area contributed by atoms with Crippen molar-refractivity contribution in [1.82, 2.24) is 20.2 Å². The summed E-state index contributed by atoms with van der Waals surface area (Å²) < 4.78 is 1.83. The molecule has 5 rings (SSSR count). The molecule has 0 saturated heterocycles. The van der Waals surface area contributed by atoms with Crippen LogP contribution in [0, 0.1) is 6.92 Å². The van der Waals surface area contributed by atoms with Crippen LogP contribution in [0.3, 0.4) is 0 Å². The summed E-state index contributed by atoms with van der Waals surface area (Å²) in [6.07, 6.45) is 1.67. The third-order valence-corrected chi connectivity index (χ3v) is 5.84. The van der Waals surface area contributed by atoms with E-state index in [-0.39, 0.29) is 11.1 Å². The first-order chi connectivity index (χ1) is 17.9. The van der Waals surface area contributed by atoms with E-state index in [0.717, 1.165) is 22.8 Å². The lowest BCUT2D eigenvalue weighted by Gasteiger charge is -2.35. The van der Waals surface area contributed by atoms with Crippen LogP contribution in [-0.2, 0) is 5.54 Å². The Morgan fingerprint density at radius 3 is 1.41 bits per heavy atom. The van der Waals surface area contributed by atoms with E-state index in [2.05, 4.69) is 51.9 Å². The Balaban J connectivity index is 0.000000209. The van der Waals surface area contributed by atoms with E-state index in [4.69, 9.17) is 10.2 Å². The summed E-state index contributed by atoms with van der Waals surface area (Å²) in [7, 11) is 0. The molecule has 184 valence electrons. The molecule has 0 fully saturated rings. The molecule has 5 aromatic rings. The molecular formula is C29H24N4O4. The summed E-state index contributed by atoms with van der Waals surface area (Å²) >= 11 is 0. The van der Waals surface area contributed by atoms with Crippen molar-refractivity contribution in [2.45, 2.75) is 12.5 Å². The maximum Gasteiger partial charge on any atom is 0.335 e. The second-order valence-electron chi connectivity index (χ2n) is 8.26. The van der Waals surface area contributed by atoms with Crippen LogP contribution in [0.5, 0.6) is 0 Å². The molecule has 0 spiro atoms. The van der Waals surface area contributed by atoms with E-state index in [9.17, 15) is 9.59 Å². The summed E-state index contributed by atoms with van der Waals surface area (Å²) in [6, 6.07) is 35.0. The van der Waals surface area contributed by atoms with Crippen molar-refractivity contribution in [1.29, 1.82) is 0 Å². The first kappa shape index (κ1) is 25.0. The molecule has 0 unspecified atom stereocenters. The summed E-state index contributed by atoms with van der Waals surface area (Å²) in [5, 5.41) is 29.3. The lowest BCUT2D eigenvalue weighted by molar-refractivity contribution is 0.0696. The SMILES string of the molecule is Cc1cc(C(=O)O)cc(C(=O)O)c1.c1ccc(C(c2ccccc2)(c2ccccc2)n2cnnn2)cc1. The molecule has 0 amide bonds. The zero-order valence-electron chi connectivity index (χ0n) is 20.0. The Bertz CT molecular complexity index is 1340. The molecule has 0 bridgehead atoms. The highest BCUT2D eigenvalue weighted by molar-refractivity contribution is 5.94. The fraction of sp³-hybridized carbons (Fsp3) is 0.0690. The number of carboxylic acid groups (broad SMARTS) is 2. The minimum atomic E-state index is -1.12. The maximum atomic E-state index is 10.5. The zero-order chi connectivity index (χ0) is 26.3. The standard InChI is InChI=1S/C20H16N4.C9H8O4/c1-4-10-17(11-5-1)20(24-16-21-22-23-24,18-12-6-2-7-13-18)19-14-8-3-9-15-19;1-5-2-6(8(10)11)4-7(3-5)9(12)13/h1-16H;2-4H,1H3,(H,10,11)(H,12,13). The number of carbonyl (C=O) groups is 2. The number of benzene rings is 4. The van der Waals surface area contributed by atoms with Gasteiger partial charge in [-0.05, 0) is 57.8 Å². The molecule has 8 heteroatoms. The molecular weight excluding hydrogens is 468 g/mol. The highest BCUT2D eigenvalue weighted by atomic mass is 16.4. The molecule has 2 N–H and O–H groups in total. The van der Waals surface area contributed by atoms with Crippen LogP contribution in [0.15, 0.2) is 116 Å². The molecule has 0 aliphatic heterocycles. The highest BCUT2D eigenvalue weighted by Gasteiger charge is 2.39. The smallest absolute Gasteiger partial charge is 0.335 e. The number of hydrogen-bond acceptors (Lipinski definition) is 5. The quantitative estimate of drug-likeness (QED) is 0.324. The summed E-state index contributed by atoms with van der Waals surface area (Å²) in [4.78, 5) is 21.1. The lowest BCUT2D eigenvalue weighted by Crippen LogP contribution is -2.38. The molecule has 1 aromatic heterocycles. The first-order valence-electron chi connectivity index (χ1n) is 11.4. The van der Waals surface area contributed by atoms with Gasteiger partial charge in [-0.3, -0.25) is 0 Å². The van der Waals surface area contributed by atoms with Gasteiger partial charge in [-0.25, -0.2) is 14.3 Å². The highest BCUT2D eigenvalue weighted by Crippen LogP contribution is 2.39. The molecule has 0 aliphatic rings. The lowest BCUT2D eigenvalue weighted by atomic mass is 9.77. The van der Waals surface area contributed by atoms with Crippen molar-refractivity contribution in [3.8, 4) is 0 Å². The van der Waals surface area contributed by atoms with Gasteiger partial charge in [0.15, 0.2) is 0 Å². The van der Waals surface area contributed by atoms with Crippen molar-refractivity contribution in [3.63, 3.8) is 0 Å². The van der Waals surface area contributed by atoms with E-state index < -0.39 is 17.5 Å². The molecule has 0 saturated carbocycles. The van der Waals surface area contributed by atoms with Gasteiger partial charge in [-0.1, -0.05) is 91.0 Å². The normalized spacial score (nSPS) is 10.7. The van der Waals surface area contributed by atoms with Gasteiger partial charge in [0.2, 0.25) is 0 Å². The number of hydrogen-bond donors (Lipinski definition) is 2. The van der Waals surface area contributed by atoms with Crippen LogP contribution in [0.2, 0.25) is 0 Å². The predicted molar refractivity (Wildman–Crippen MR) is 138 cm³/mol. The maximum absolute atomic E-state index is 10.5. The largest absolute Gasteiger partial charge is 0.478 e. The second kappa shape index (κ2) is 11.1. The van der Waals surface area contributed by atoms with Crippen molar-refractivity contribution in [2.75, 3.05) is 0 Å². The van der Waals surface area contributed by atoms with Gasteiger partial charge in [0, 0.05) is 0 Å². The van der Waals surface area contributed by atoms with Gasteiger partial charge in [-0.2, -0.15) is 0 Å². The van der Waals surface area contributed by atoms with E-state index in [1.54, 1.807) is 13.3 Å². The van der Waals surface area contributed by atoms with Crippen LogP contribution in [0.4, 0.5) is 0 Å². The fourth-order valence-corrected chi connectivity index (χ4v) is 4.28. The van der Waals surface area contributed by atoms with Crippen LogP contribution in [-0.4, -0.2) is 42.4 Å². The number of nitrogens with zero attached hydrogens (tertiary/aromatic N) is 4. The molecule has 0 atom stereocenters. The molecule has 0 radical (unpaired) electrons. The van der Waals surface area contributed by atoms with E-state index >= 15 is 0 Å². The minimum absolute atomic E-state index is 0.00241. The Hall–Kier alpha value is -5.11. The number of aromatic nitrogens is 4. The Morgan fingerprint density at radius 2 is 1.08 bits per heavy atom. The number of rotatable bonds is 6. The average molecular weight is 493 g/mol. The first-order valence-corrected chi connectivity index (χ1v) is 11.4. The number of carboxylic acids is 2. The number of tetrazole rings is 1. The van der Waals surface area contributed by atoms with Crippen LogP contribution in [0.25, 0.3) is 0 Å². The Labute approximate surface area is 213 Å². The topological polar surface area (TPSA) is 118 Å². The average Bonchev–Trinajstić information content (AvgIpc) is 3.46. The minimum Gasteiger partial charge on any atom is -0.478 e. The van der Waals surface area contributed by atoms with Gasteiger partial charge in [0.05, 0.1) is 11.1 Å². The third-order valence-electron chi connectivity index (χ3n) is 5.84. The molecule has 4 aromatic carbocycles. The van der Waals surface area contributed by atoms with Gasteiger partial charge in [-0.15, -0.1) is 5.10 Å². The third kappa shape index (κ3) is 5.28. The van der Waals surface area contributed by atoms with Gasteiger partial charge < -0.3 is 10.2 Å². The Morgan fingerprint density at radius 1 is 0.676 bits per heavy atom. The predicted octanol–water partition coefficient (Wildman–Crippen LogP) is 4.90. The fourth-order valence-electron chi connectivity index (χ4n) is 4.28. The van der Waals surface area contributed by atoms with E-state index in [1.807, 2.05) is 59.3 Å². The zero-order valence-corrected chi connectivity index (χ0v) is 20.0. The second-order valence-corrected chi connectivity index (χ2v) is 8.26. The monoisotopic (exact) mass is 492 g/mol. The molecule has 8 nitrogen and oxygen atoms in total. The van der Waals surface area contributed by atoms with E-state index in [1.165, 1.54) is 12.1 Å². The molecule has 1 heterocycles. The molecule has 37 heavy (non-hydrogen) atoms. The number of aryl methyl sites for hydroxylation is 1. The van der Waals surface area contributed by atoms with Crippen LogP contribution < -0.4 is 0 Å². The van der Waals surface area contributed by atoms with Gasteiger partial charge >= 0.3 is 11.9 Å². The molecule has 0 aliphatic carbocycles. The van der Waals surface area contributed by atoms with Gasteiger partial charge in [0.1, 0.15) is 11.9 Å². The summed E-state index contributed by atoms with van der Waals surface area (Å²) in [5.74, 6) is -2.24.